The van der Waals surface area contributed by atoms with E-state index in [-0.39, 0.29) is 0 Å². The van der Waals surface area contributed by atoms with Crippen molar-refractivity contribution in [1.29, 1.82) is 0 Å². The zero-order valence-electron chi connectivity index (χ0n) is 17.1. The number of hydrogen-bond acceptors (Lipinski definition) is 6. The lowest BCUT2D eigenvalue weighted by Gasteiger charge is -2.39. The highest BCUT2D eigenvalue weighted by atomic mass is 32.1. The summed E-state index contributed by atoms with van der Waals surface area (Å²) in [5, 5.41) is 4.38. The van der Waals surface area contributed by atoms with Crippen molar-refractivity contribution in [2.45, 2.75) is 45.1 Å². The number of aryl methyl sites for hydroxylation is 1. The Kier molecular flexibility index (Phi) is 5.50. The standard InChI is InChI=1S/C23H30N4S2/c1-2-26(17-6-7-19-22(14-17)29-23(24)25-19)15-16-8-11-27(12-9-16)20-4-3-5-21-18(20)10-13-28-21/h3-5,10,13,16-17H,2,6-9,11-12,14-15H2,1H3,(H2,24,25)/t17-/m0/s1. The van der Waals surface area contributed by atoms with Crippen LogP contribution in [0.15, 0.2) is 29.6 Å². The molecular formula is C23H30N4S2. The van der Waals surface area contributed by atoms with Crippen molar-refractivity contribution in [2.75, 3.05) is 36.8 Å². The lowest BCUT2D eigenvalue weighted by molar-refractivity contribution is 0.150. The molecule has 1 aromatic carbocycles. The quantitative estimate of drug-likeness (QED) is 0.621. The average molecular weight is 427 g/mol. The summed E-state index contributed by atoms with van der Waals surface area (Å²) in [4.78, 5) is 11.3. The van der Waals surface area contributed by atoms with Gasteiger partial charge in [0.1, 0.15) is 0 Å². The van der Waals surface area contributed by atoms with E-state index in [0.717, 1.165) is 30.4 Å². The molecule has 29 heavy (non-hydrogen) atoms. The monoisotopic (exact) mass is 426 g/mol. The first-order valence-corrected chi connectivity index (χ1v) is 12.6. The van der Waals surface area contributed by atoms with E-state index in [0.29, 0.717) is 6.04 Å². The number of nitrogens with two attached hydrogens (primary N) is 1. The molecule has 6 heteroatoms. The molecule has 2 aromatic heterocycles. The third-order valence-corrected chi connectivity index (χ3v) is 8.60. The minimum absolute atomic E-state index is 0.657. The van der Waals surface area contributed by atoms with E-state index in [1.54, 1.807) is 11.3 Å². The number of nitrogens with zero attached hydrogens (tertiary/aromatic N) is 3. The third kappa shape index (κ3) is 3.90. The van der Waals surface area contributed by atoms with E-state index in [4.69, 9.17) is 5.73 Å². The van der Waals surface area contributed by atoms with Crippen LogP contribution in [0.5, 0.6) is 0 Å². The Morgan fingerprint density at radius 2 is 2.07 bits per heavy atom. The van der Waals surface area contributed by atoms with Crippen molar-refractivity contribution in [3.05, 3.63) is 40.2 Å². The molecule has 2 aliphatic rings. The van der Waals surface area contributed by atoms with Crippen LogP contribution in [0.25, 0.3) is 10.1 Å². The first-order chi connectivity index (χ1) is 14.2. The lowest BCUT2D eigenvalue weighted by atomic mass is 9.92. The molecule has 3 heterocycles. The zero-order valence-corrected chi connectivity index (χ0v) is 18.8. The summed E-state index contributed by atoms with van der Waals surface area (Å²) >= 11 is 3.55. The Hall–Kier alpha value is -1.63. The first-order valence-electron chi connectivity index (χ1n) is 10.9. The topological polar surface area (TPSA) is 45.4 Å². The van der Waals surface area contributed by atoms with Crippen molar-refractivity contribution < 1.29 is 0 Å². The molecule has 4 nitrogen and oxygen atoms in total. The summed E-state index contributed by atoms with van der Waals surface area (Å²) in [6, 6.07) is 9.69. The SMILES string of the molecule is CCN(CC1CCN(c2cccc3sccc23)CC1)[C@H]1CCc2nc(N)sc2C1. The van der Waals surface area contributed by atoms with Crippen LogP contribution >= 0.6 is 22.7 Å². The Labute approximate surface area is 181 Å². The molecule has 1 atom stereocenters. The van der Waals surface area contributed by atoms with Gasteiger partial charge in [-0.2, -0.15) is 0 Å². The zero-order chi connectivity index (χ0) is 19.8. The number of anilines is 2. The van der Waals surface area contributed by atoms with E-state index >= 15 is 0 Å². The average Bonchev–Trinajstić information content (AvgIpc) is 3.37. The van der Waals surface area contributed by atoms with Gasteiger partial charge in [-0.25, -0.2) is 4.98 Å². The third-order valence-electron chi connectivity index (χ3n) is 6.77. The maximum absolute atomic E-state index is 5.94. The predicted octanol–water partition coefficient (Wildman–Crippen LogP) is 5.04. The van der Waals surface area contributed by atoms with Gasteiger partial charge in [0.2, 0.25) is 0 Å². The number of nitrogen functional groups attached to an aromatic ring is 1. The van der Waals surface area contributed by atoms with Gasteiger partial charge in [-0.05, 0) is 68.1 Å². The molecule has 0 unspecified atom stereocenters. The van der Waals surface area contributed by atoms with Crippen LogP contribution in [0.4, 0.5) is 10.8 Å². The van der Waals surface area contributed by atoms with E-state index < -0.39 is 0 Å². The van der Waals surface area contributed by atoms with Gasteiger partial charge in [0.25, 0.3) is 0 Å². The summed E-state index contributed by atoms with van der Waals surface area (Å²) in [7, 11) is 0. The fourth-order valence-electron chi connectivity index (χ4n) is 5.17. The molecule has 0 saturated carbocycles. The highest BCUT2D eigenvalue weighted by Gasteiger charge is 2.29. The van der Waals surface area contributed by atoms with Crippen LogP contribution in [-0.4, -0.2) is 42.1 Å². The molecule has 1 saturated heterocycles. The van der Waals surface area contributed by atoms with Gasteiger partial charge in [-0.1, -0.05) is 13.0 Å². The number of benzene rings is 1. The number of aromatic nitrogens is 1. The van der Waals surface area contributed by atoms with Gasteiger partial charge in [0.15, 0.2) is 5.13 Å². The van der Waals surface area contributed by atoms with Crippen LogP contribution < -0.4 is 10.6 Å². The number of likely N-dealkylation sites (N-methyl/N-ethyl adjacent to an activating group) is 1. The molecule has 1 aliphatic heterocycles. The molecule has 2 N–H and O–H groups in total. The molecule has 1 fully saturated rings. The molecule has 0 radical (unpaired) electrons. The summed E-state index contributed by atoms with van der Waals surface area (Å²) in [5.41, 5.74) is 8.63. The molecule has 0 bridgehead atoms. The maximum atomic E-state index is 5.94. The number of hydrogen-bond donors (Lipinski definition) is 1. The fraction of sp³-hybridized carbons (Fsp3) is 0.522. The van der Waals surface area contributed by atoms with Crippen LogP contribution in [0.1, 0.15) is 36.8 Å². The van der Waals surface area contributed by atoms with Crippen LogP contribution in [-0.2, 0) is 12.8 Å². The maximum Gasteiger partial charge on any atom is 0.180 e. The summed E-state index contributed by atoms with van der Waals surface area (Å²) in [6.07, 6.45) is 6.04. The Morgan fingerprint density at radius 1 is 1.21 bits per heavy atom. The van der Waals surface area contributed by atoms with Crippen molar-refractivity contribution in [3.8, 4) is 0 Å². The van der Waals surface area contributed by atoms with Crippen molar-refractivity contribution in [3.63, 3.8) is 0 Å². The molecule has 1 aliphatic carbocycles. The molecule has 0 spiro atoms. The molecule has 3 aromatic rings. The Bertz CT molecular complexity index is 970. The largest absolute Gasteiger partial charge is 0.375 e. The highest BCUT2D eigenvalue weighted by Crippen LogP contribution is 2.34. The van der Waals surface area contributed by atoms with Gasteiger partial charge in [0, 0.05) is 46.3 Å². The Morgan fingerprint density at radius 3 is 2.90 bits per heavy atom. The van der Waals surface area contributed by atoms with E-state index in [1.165, 1.54) is 65.2 Å². The number of thiophene rings is 1. The highest BCUT2D eigenvalue weighted by molar-refractivity contribution is 7.17. The molecular weight excluding hydrogens is 396 g/mol. The summed E-state index contributed by atoms with van der Waals surface area (Å²) in [5.74, 6) is 0.806. The van der Waals surface area contributed by atoms with Gasteiger partial charge < -0.3 is 15.5 Å². The van der Waals surface area contributed by atoms with Gasteiger partial charge in [0.05, 0.1) is 5.69 Å². The number of piperidine rings is 1. The van der Waals surface area contributed by atoms with Crippen LogP contribution in [0.2, 0.25) is 0 Å². The van der Waals surface area contributed by atoms with Gasteiger partial charge >= 0.3 is 0 Å². The van der Waals surface area contributed by atoms with Gasteiger partial charge in [-0.3, -0.25) is 0 Å². The minimum Gasteiger partial charge on any atom is -0.375 e. The van der Waals surface area contributed by atoms with Crippen molar-refractivity contribution in [1.82, 2.24) is 9.88 Å². The second-order valence-electron chi connectivity index (χ2n) is 8.45. The molecule has 154 valence electrons. The Balaban J connectivity index is 1.20. The number of rotatable bonds is 5. The second-order valence-corrected chi connectivity index (χ2v) is 10.5. The van der Waals surface area contributed by atoms with Crippen LogP contribution in [0, 0.1) is 5.92 Å². The van der Waals surface area contributed by atoms with E-state index in [2.05, 4.69) is 51.4 Å². The minimum atomic E-state index is 0.657. The van der Waals surface area contributed by atoms with Gasteiger partial charge in [-0.15, -0.1) is 22.7 Å². The molecule has 5 rings (SSSR count). The summed E-state index contributed by atoms with van der Waals surface area (Å²) in [6.45, 7) is 7.06. The van der Waals surface area contributed by atoms with E-state index in [9.17, 15) is 0 Å². The number of thiazole rings is 1. The first kappa shape index (κ1) is 19.3. The lowest BCUT2D eigenvalue weighted by Crippen LogP contribution is -2.44. The van der Waals surface area contributed by atoms with E-state index in [1.807, 2.05) is 11.3 Å². The normalized spacial score (nSPS) is 20.5. The van der Waals surface area contributed by atoms with Crippen molar-refractivity contribution >= 4 is 43.6 Å². The van der Waals surface area contributed by atoms with Crippen molar-refractivity contribution in [2.24, 2.45) is 5.92 Å². The number of fused-ring (bicyclic) bond motifs is 2. The van der Waals surface area contributed by atoms with Crippen LogP contribution in [0.3, 0.4) is 0 Å². The smallest absolute Gasteiger partial charge is 0.180 e. The molecule has 0 amide bonds. The predicted molar refractivity (Wildman–Crippen MR) is 126 cm³/mol. The second kappa shape index (κ2) is 8.25. The fourth-order valence-corrected chi connectivity index (χ4v) is 6.92. The summed E-state index contributed by atoms with van der Waals surface area (Å²) < 4.78 is 1.40.